The summed E-state index contributed by atoms with van der Waals surface area (Å²) in [5, 5.41) is 0. The summed E-state index contributed by atoms with van der Waals surface area (Å²) in [6.45, 7) is 2.10. The van der Waals surface area contributed by atoms with Gasteiger partial charge in [-0.15, -0.1) is 0 Å². The number of hydrogen-bond donors (Lipinski definition) is 0. The summed E-state index contributed by atoms with van der Waals surface area (Å²) < 4.78 is 11.4. The van der Waals surface area contributed by atoms with Crippen LogP contribution >= 0.6 is 24.0 Å². The van der Waals surface area contributed by atoms with Crippen molar-refractivity contribution in [2.75, 3.05) is 11.5 Å². The minimum absolute atomic E-state index is 0.173. The monoisotopic (exact) mass is 435 g/mol. The first-order valence-corrected chi connectivity index (χ1v) is 10.5. The van der Waals surface area contributed by atoms with Gasteiger partial charge in [0.15, 0.2) is 4.32 Å². The lowest BCUT2D eigenvalue weighted by Crippen LogP contribution is -2.27. The van der Waals surface area contributed by atoms with E-state index in [9.17, 15) is 9.59 Å². The molecule has 0 unspecified atom stereocenters. The number of para-hydroxylation sites is 1. The van der Waals surface area contributed by atoms with Crippen LogP contribution in [0.3, 0.4) is 0 Å². The highest BCUT2D eigenvalue weighted by atomic mass is 32.2. The zero-order chi connectivity index (χ0) is 21.1. The predicted octanol–water partition coefficient (Wildman–Crippen LogP) is 5.53. The van der Waals surface area contributed by atoms with E-state index >= 15 is 0 Å². The van der Waals surface area contributed by atoms with Crippen molar-refractivity contribution in [3.63, 3.8) is 0 Å². The highest BCUT2D eigenvalue weighted by molar-refractivity contribution is 8.27. The van der Waals surface area contributed by atoms with E-state index in [1.165, 1.54) is 16.7 Å². The van der Waals surface area contributed by atoms with Crippen molar-refractivity contribution < 1.29 is 18.7 Å². The summed E-state index contributed by atoms with van der Waals surface area (Å²) in [7, 11) is 0. The van der Waals surface area contributed by atoms with Crippen molar-refractivity contribution in [2.45, 2.75) is 6.92 Å². The Morgan fingerprint density at radius 1 is 1.10 bits per heavy atom. The van der Waals surface area contributed by atoms with E-state index in [1.807, 2.05) is 36.4 Å². The summed E-state index contributed by atoms with van der Waals surface area (Å²) in [6, 6.07) is 19.9. The molecule has 1 aliphatic heterocycles. The molecule has 0 saturated carbocycles. The first-order valence-electron chi connectivity index (χ1n) is 9.27. The number of rotatable bonds is 5. The number of ether oxygens (including phenoxy) is 1. The normalized spacial score (nSPS) is 15.1. The average Bonchev–Trinajstić information content (AvgIpc) is 3.33. The fourth-order valence-corrected chi connectivity index (χ4v) is 4.25. The molecular formula is C23H17NO4S2. The third-order valence-corrected chi connectivity index (χ3v) is 5.69. The van der Waals surface area contributed by atoms with Crippen LogP contribution in [0.15, 0.2) is 76.1 Å². The van der Waals surface area contributed by atoms with Crippen LogP contribution in [-0.2, 0) is 9.53 Å². The van der Waals surface area contributed by atoms with Gasteiger partial charge in [0.1, 0.15) is 11.5 Å². The SMILES string of the molecule is CCOC(=O)c1ccc(-c2ccc(/C=C3/SC(=S)N(c4ccccc4)C3=O)o2)cc1. The molecule has 2 heterocycles. The Bertz CT molecular complexity index is 1130. The van der Waals surface area contributed by atoms with E-state index in [0.717, 1.165) is 11.3 Å². The molecule has 0 radical (unpaired) electrons. The van der Waals surface area contributed by atoms with Gasteiger partial charge in [-0.2, -0.15) is 0 Å². The second kappa shape index (κ2) is 8.69. The number of hydrogen-bond acceptors (Lipinski definition) is 6. The van der Waals surface area contributed by atoms with Gasteiger partial charge in [-0.25, -0.2) is 4.79 Å². The first kappa shape index (κ1) is 20.1. The van der Waals surface area contributed by atoms with E-state index in [4.69, 9.17) is 21.4 Å². The Morgan fingerprint density at radius 2 is 1.83 bits per heavy atom. The molecule has 0 atom stereocenters. The van der Waals surface area contributed by atoms with E-state index in [0.29, 0.717) is 32.9 Å². The minimum Gasteiger partial charge on any atom is -0.462 e. The highest BCUT2D eigenvalue weighted by Crippen LogP contribution is 2.36. The molecule has 1 amide bonds. The number of benzene rings is 2. The Balaban J connectivity index is 1.53. The van der Waals surface area contributed by atoms with Crippen molar-refractivity contribution in [3.8, 4) is 11.3 Å². The second-order valence-corrected chi connectivity index (χ2v) is 8.03. The van der Waals surface area contributed by atoms with Gasteiger partial charge in [-0.1, -0.05) is 54.3 Å². The van der Waals surface area contributed by atoms with Crippen LogP contribution in [0.2, 0.25) is 0 Å². The molecule has 0 N–H and O–H groups in total. The molecule has 150 valence electrons. The molecule has 7 heteroatoms. The maximum Gasteiger partial charge on any atom is 0.338 e. The molecule has 2 aromatic carbocycles. The van der Waals surface area contributed by atoms with Crippen LogP contribution in [0.5, 0.6) is 0 Å². The van der Waals surface area contributed by atoms with Crippen LogP contribution in [0.4, 0.5) is 5.69 Å². The fraction of sp³-hybridized carbons (Fsp3) is 0.0870. The quantitative estimate of drug-likeness (QED) is 0.298. The van der Waals surface area contributed by atoms with Gasteiger partial charge in [0, 0.05) is 11.6 Å². The Morgan fingerprint density at radius 3 is 2.53 bits per heavy atom. The van der Waals surface area contributed by atoms with Crippen molar-refractivity contribution in [1.82, 2.24) is 0 Å². The van der Waals surface area contributed by atoms with Gasteiger partial charge in [-0.05, 0) is 43.3 Å². The predicted molar refractivity (Wildman–Crippen MR) is 122 cm³/mol. The molecule has 0 bridgehead atoms. The van der Waals surface area contributed by atoms with Gasteiger partial charge in [0.25, 0.3) is 5.91 Å². The van der Waals surface area contributed by atoms with Crippen LogP contribution in [0.1, 0.15) is 23.0 Å². The van der Waals surface area contributed by atoms with Gasteiger partial charge in [0.2, 0.25) is 0 Å². The van der Waals surface area contributed by atoms with Crippen LogP contribution in [-0.4, -0.2) is 22.8 Å². The number of esters is 1. The minimum atomic E-state index is -0.357. The van der Waals surface area contributed by atoms with Gasteiger partial charge in [-0.3, -0.25) is 9.69 Å². The topological polar surface area (TPSA) is 59.8 Å². The lowest BCUT2D eigenvalue weighted by atomic mass is 10.1. The molecule has 0 spiro atoms. The smallest absolute Gasteiger partial charge is 0.338 e. The molecule has 30 heavy (non-hydrogen) atoms. The number of thioether (sulfide) groups is 1. The molecule has 1 fully saturated rings. The van der Waals surface area contributed by atoms with Crippen molar-refractivity contribution in [3.05, 3.63) is 83.0 Å². The summed E-state index contributed by atoms with van der Waals surface area (Å²) in [5.41, 5.74) is 2.04. The van der Waals surface area contributed by atoms with Crippen molar-refractivity contribution >= 4 is 51.9 Å². The largest absolute Gasteiger partial charge is 0.462 e. The lowest BCUT2D eigenvalue weighted by molar-refractivity contribution is -0.113. The van der Waals surface area contributed by atoms with E-state index in [2.05, 4.69) is 0 Å². The first-order chi connectivity index (χ1) is 14.6. The summed E-state index contributed by atoms with van der Waals surface area (Å²) in [5.74, 6) is 0.654. The molecule has 5 nitrogen and oxygen atoms in total. The van der Waals surface area contributed by atoms with Gasteiger partial charge in [0.05, 0.1) is 22.8 Å². The Labute approximate surface area is 183 Å². The fourth-order valence-electron chi connectivity index (χ4n) is 2.97. The Kier molecular flexibility index (Phi) is 5.83. The van der Waals surface area contributed by atoms with Crippen LogP contribution in [0, 0.1) is 0 Å². The number of amides is 1. The number of carbonyl (C=O) groups excluding carboxylic acids is 2. The zero-order valence-electron chi connectivity index (χ0n) is 16.0. The molecular weight excluding hydrogens is 418 g/mol. The van der Waals surface area contributed by atoms with Gasteiger partial charge < -0.3 is 9.15 Å². The molecule has 1 aromatic heterocycles. The van der Waals surface area contributed by atoms with E-state index in [1.54, 1.807) is 43.3 Å². The van der Waals surface area contributed by atoms with Crippen molar-refractivity contribution in [1.29, 1.82) is 0 Å². The average molecular weight is 436 g/mol. The maximum absolute atomic E-state index is 12.8. The number of nitrogens with zero attached hydrogens (tertiary/aromatic N) is 1. The molecule has 4 rings (SSSR count). The summed E-state index contributed by atoms with van der Waals surface area (Å²) >= 11 is 6.63. The number of furan rings is 1. The van der Waals surface area contributed by atoms with E-state index < -0.39 is 0 Å². The standard InChI is InChI=1S/C23H17NO4S2/c1-2-27-22(26)16-10-8-15(9-11-16)19-13-12-18(28-19)14-20-21(25)24(23(29)30-20)17-6-4-3-5-7-17/h3-14H,2H2,1H3/b20-14+. The lowest BCUT2D eigenvalue weighted by Gasteiger charge is -2.13. The molecule has 0 aliphatic carbocycles. The number of carbonyl (C=O) groups is 2. The Hall–Kier alpha value is -3.16. The second-order valence-electron chi connectivity index (χ2n) is 6.35. The van der Waals surface area contributed by atoms with E-state index in [-0.39, 0.29) is 11.9 Å². The number of anilines is 1. The third kappa shape index (κ3) is 4.08. The highest BCUT2D eigenvalue weighted by Gasteiger charge is 2.33. The van der Waals surface area contributed by atoms with Crippen molar-refractivity contribution in [2.24, 2.45) is 0 Å². The van der Waals surface area contributed by atoms with Crippen LogP contribution in [0.25, 0.3) is 17.4 Å². The number of thiocarbonyl (C=S) groups is 1. The zero-order valence-corrected chi connectivity index (χ0v) is 17.7. The molecule has 1 aliphatic rings. The maximum atomic E-state index is 12.8. The third-order valence-electron chi connectivity index (χ3n) is 4.39. The molecule has 1 saturated heterocycles. The summed E-state index contributed by atoms with van der Waals surface area (Å²) in [6.07, 6.45) is 1.69. The van der Waals surface area contributed by atoms with Crippen LogP contribution < -0.4 is 4.90 Å². The van der Waals surface area contributed by atoms with Gasteiger partial charge >= 0.3 is 5.97 Å². The summed E-state index contributed by atoms with van der Waals surface area (Å²) in [4.78, 5) is 26.6. The molecule has 3 aromatic rings.